The molecule has 5 heteroatoms. The first kappa shape index (κ1) is 15.3. The zero-order chi connectivity index (χ0) is 15.5. The maximum absolute atomic E-state index is 12.8. The van der Waals surface area contributed by atoms with E-state index in [-0.39, 0.29) is 18.0 Å². The standard InChI is InChI=1S/C17H23N3OS/c1-13-12-22-17(18-13)15-7-3-4-10-20(15)16(21)11-14(2)19-8-5-6-9-19/h5-6,8-9,12,14-15H,3-4,7,10-11H2,1-2H3/t14-,15-/m1/s1. The fourth-order valence-electron chi connectivity index (χ4n) is 3.13. The first-order chi connectivity index (χ1) is 10.6. The first-order valence-corrected chi connectivity index (χ1v) is 8.87. The van der Waals surface area contributed by atoms with Gasteiger partial charge in [-0.05, 0) is 45.2 Å². The van der Waals surface area contributed by atoms with Gasteiger partial charge < -0.3 is 9.47 Å². The molecule has 3 rings (SSSR count). The molecule has 0 aliphatic carbocycles. The Morgan fingerprint density at radius 1 is 1.41 bits per heavy atom. The van der Waals surface area contributed by atoms with Crippen LogP contribution in [0.4, 0.5) is 0 Å². The molecule has 2 atom stereocenters. The van der Waals surface area contributed by atoms with Crippen LogP contribution in [0.25, 0.3) is 0 Å². The van der Waals surface area contributed by atoms with Crippen LogP contribution in [0.1, 0.15) is 55.4 Å². The average Bonchev–Trinajstić information content (AvgIpc) is 3.18. The fraction of sp³-hybridized carbons (Fsp3) is 0.529. The molecule has 1 aliphatic rings. The van der Waals surface area contributed by atoms with E-state index in [4.69, 9.17) is 0 Å². The van der Waals surface area contributed by atoms with Crippen LogP contribution in [0, 0.1) is 6.92 Å². The number of carbonyl (C=O) groups is 1. The Morgan fingerprint density at radius 3 is 2.86 bits per heavy atom. The highest BCUT2D eigenvalue weighted by Gasteiger charge is 2.30. The van der Waals surface area contributed by atoms with Gasteiger partial charge in [0.05, 0.1) is 6.04 Å². The molecule has 4 nitrogen and oxygen atoms in total. The molecule has 1 aliphatic heterocycles. The summed E-state index contributed by atoms with van der Waals surface area (Å²) in [6.45, 7) is 4.98. The Kier molecular flexibility index (Phi) is 4.62. The highest BCUT2D eigenvalue weighted by Crippen LogP contribution is 2.33. The minimum atomic E-state index is 0.178. The Morgan fingerprint density at radius 2 is 2.18 bits per heavy atom. The van der Waals surface area contributed by atoms with E-state index in [0.717, 1.165) is 30.1 Å². The van der Waals surface area contributed by atoms with E-state index in [9.17, 15) is 4.79 Å². The van der Waals surface area contributed by atoms with E-state index in [1.165, 1.54) is 6.42 Å². The number of nitrogens with zero attached hydrogens (tertiary/aromatic N) is 3. The molecule has 0 spiro atoms. The van der Waals surface area contributed by atoms with Crippen LogP contribution in [-0.2, 0) is 4.79 Å². The summed E-state index contributed by atoms with van der Waals surface area (Å²) in [5, 5.41) is 3.17. The third kappa shape index (κ3) is 3.24. The summed E-state index contributed by atoms with van der Waals surface area (Å²) in [4.78, 5) is 19.5. The molecule has 22 heavy (non-hydrogen) atoms. The molecule has 0 radical (unpaired) electrons. The third-order valence-electron chi connectivity index (χ3n) is 4.35. The van der Waals surface area contributed by atoms with Gasteiger partial charge in [0.1, 0.15) is 5.01 Å². The molecule has 0 saturated carbocycles. The van der Waals surface area contributed by atoms with E-state index < -0.39 is 0 Å². The Labute approximate surface area is 135 Å². The summed E-state index contributed by atoms with van der Waals surface area (Å²) >= 11 is 1.68. The van der Waals surface area contributed by atoms with Crippen molar-refractivity contribution in [3.63, 3.8) is 0 Å². The second-order valence-corrected chi connectivity index (χ2v) is 7.00. The number of hydrogen-bond acceptors (Lipinski definition) is 3. The van der Waals surface area contributed by atoms with Crippen molar-refractivity contribution in [2.75, 3.05) is 6.54 Å². The molecule has 0 unspecified atom stereocenters. The van der Waals surface area contributed by atoms with Gasteiger partial charge in [0.2, 0.25) is 5.91 Å². The smallest absolute Gasteiger partial charge is 0.225 e. The second kappa shape index (κ2) is 6.65. The minimum Gasteiger partial charge on any atom is -0.351 e. The number of hydrogen-bond donors (Lipinski definition) is 0. The molecule has 2 aromatic rings. The maximum Gasteiger partial charge on any atom is 0.225 e. The lowest BCUT2D eigenvalue weighted by molar-refractivity contribution is -0.135. The van der Waals surface area contributed by atoms with Gasteiger partial charge in [-0.2, -0.15) is 0 Å². The molecular formula is C17H23N3OS. The Bertz CT molecular complexity index is 620. The molecule has 1 amide bonds. The van der Waals surface area contributed by atoms with Crippen LogP contribution in [0.2, 0.25) is 0 Å². The summed E-state index contributed by atoms with van der Waals surface area (Å²) in [5.41, 5.74) is 1.05. The zero-order valence-electron chi connectivity index (χ0n) is 13.2. The molecular weight excluding hydrogens is 294 g/mol. The number of piperidine rings is 1. The number of thiazole rings is 1. The number of likely N-dealkylation sites (tertiary alicyclic amines) is 1. The minimum absolute atomic E-state index is 0.178. The predicted molar refractivity (Wildman–Crippen MR) is 88.9 cm³/mol. The zero-order valence-corrected chi connectivity index (χ0v) is 14.1. The van der Waals surface area contributed by atoms with E-state index in [1.54, 1.807) is 11.3 Å². The molecule has 0 bridgehead atoms. The highest BCUT2D eigenvalue weighted by molar-refractivity contribution is 7.09. The summed E-state index contributed by atoms with van der Waals surface area (Å²) in [6, 6.07) is 4.38. The highest BCUT2D eigenvalue weighted by atomic mass is 32.1. The van der Waals surface area contributed by atoms with Crippen LogP contribution in [0.15, 0.2) is 29.9 Å². The van der Waals surface area contributed by atoms with Gasteiger partial charge in [-0.3, -0.25) is 4.79 Å². The van der Waals surface area contributed by atoms with Crippen molar-refractivity contribution in [1.29, 1.82) is 0 Å². The Hall–Kier alpha value is -1.62. The van der Waals surface area contributed by atoms with Gasteiger partial charge in [-0.15, -0.1) is 11.3 Å². The van der Waals surface area contributed by atoms with Crippen LogP contribution in [0.5, 0.6) is 0 Å². The van der Waals surface area contributed by atoms with Crippen molar-refractivity contribution in [3.05, 3.63) is 40.6 Å². The molecule has 1 saturated heterocycles. The Balaban J connectivity index is 1.71. The van der Waals surface area contributed by atoms with Gasteiger partial charge in [0.25, 0.3) is 0 Å². The summed E-state index contributed by atoms with van der Waals surface area (Å²) in [5.74, 6) is 0.249. The SMILES string of the molecule is Cc1csc([C@H]2CCCCN2C(=O)C[C@@H](C)n2cccc2)n1. The second-order valence-electron chi connectivity index (χ2n) is 6.11. The van der Waals surface area contributed by atoms with Crippen molar-refractivity contribution in [2.24, 2.45) is 0 Å². The molecule has 1 fully saturated rings. The monoisotopic (exact) mass is 317 g/mol. The lowest BCUT2D eigenvalue weighted by atomic mass is 10.0. The summed E-state index contributed by atoms with van der Waals surface area (Å²) in [6.07, 6.45) is 7.92. The maximum atomic E-state index is 12.8. The van der Waals surface area contributed by atoms with Crippen molar-refractivity contribution in [1.82, 2.24) is 14.5 Å². The van der Waals surface area contributed by atoms with Gasteiger partial charge in [-0.1, -0.05) is 0 Å². The molecule has 0 aromatic carbocycles. The lowest BCUT2D eigenvalue weighted by Crippen LogP contribution is -2.39. The number of amides is 1. The normalized spacial score (nSPS) is 20.1. The van der Waals surface area contributed by atoms with Gasteiger partial charge in [0.15, 0.2) is 0 Å². The summed E-state index contributed by atoms with van der Waals surface area (Å²) in [7, 11) is 0. The number of rotatable bonds is 4. The van der Waals surface area contributed by atoms with Crippen LogP contribution in [-0.4, -0.2) is 26.9 Å². The quantitative estimate of drug-likeness (QED) is 0.856. The van der Waals surface area contributed by atoms with E-state index >= 15 is 0 Å². The van der Waals surface area contributed by atoms with Crippen molar-refractivity contribution >= 4 is 17.2 Å². The van der Waals surface area contributed by atoms with E-state index in [2.05, 4.69) is 26.8 Å². The molecule has 118 valence electrons. The molecule has 0 N–H and O–H groups in total. The molecule has 3 heterocycles. The van der Waals surface area contributed by atoms with Gasteiger partial charge in [-0.25, -0.2) is 4.98 Å². The fourth-order valence-corrected chi connectivity index (χ4v) is 4.07. The topological polar surface area (TPSA) is 38.1 Å². The largest absolute Gasteiger partial charge is 0.351 e. The predicted octanol–water partition coefficient (Wildman–Crippen LogP) is 3.96. The number of aryl methyl sites for hydroxylation is 1. The van der Waals surface area contributed by atoms with Crippen molar-refractivity contribution < 1.29 is 4.79 Å². The van der Waals surface area contributed by atoms with Crippen molar-refractivity contribution in [3.8, 4) is 0 Å². The van der Waals surface area contributed by atoms with E-state index in [1.807, 2.05) is 31.5 Å². The van der Waals surface area contributed by atoms with Crippen LogP contribution >= 0.6 is 11.3 Å². The first-order valence-electron chi connectivity index (χ1n) is 7.99. The average molecular weight is 317 g/mol. The van der Waals surface area contributed by atoms with Crippen LogP contribution in [0.3, 0.4) is 0 Å². The third-order valence-corrected chi connectivity index (χ3v) is 5.42. The molecule has 2 aromatic heterocycles. The number of carbonyl (C=O) groups excluding carboxylic acids is 1. The summed E-state index contributed by atoms with van der Waals surface area (Å²) < 4.78 is 2.10. The van der Waals surface area contributed by atoms with Gasteiger partial charge >= 0.3 is 0 Å². The van der Waals surface area contributed by atoms with E-state index in [0.29, 0.717) is 6.42 Å². The van der Waals surface area contributed by atoms with Crippen molar-refractivity contribution in [2.45, 2.75) is 51.6 Å². The lowest BCUT2D eigenvalue weighted by Gasteiger charge is -2.35. The number of aromatic nitrogens is 2. The van der Waals surface area contributed by atoms with Gasteiger partial charge in [0, 0.05) is 42.5 Å². The van der Waals surface area contributed by atoms with Crippen LogP contribution < -0.4 is 0 Å².